The number of nitrogens with zero attached hydrogens (tertiary/aromatic N) is 4. The van der Waals surface area contributed by atoms with E-state index >= 15 is 0 Å². The van der Waals surface area contributed by atoms with Crippen molar-refractivity contribution < 1.29 is 14.0 Å². The van der Waals surface area contributed by atoms with Crippen molar-refractivity contribution in [1.82, 2.24) is 20.2 Å². The van der Waals surface area contributed by atoms with Gasteiger partial charge < -0.3 is 15.1 Å². The molecule has 0 aliphatic heterocycles. The summed E-state index contributed by atoms with van der Waals surface area (Å²) >= 11 is 0. The zero-order valence-electron chi connectivity index (χ0n) is 16.5. The van der Waals surface area contributed by atoms with Gasteiger partial charge in [-0.2, -0.15) is 4.68 Å². The Morgan fingerprint density at radius 1 is 0.968 bits per heavy atom. The Bertz CT molecular complexity index is 1230. The Morgan fingerprint density at radius 2 is 1.74 bits per heavy atom. The fourth-order valence-electron chi connectivity index (χ4n) is 2.92. The van der Waals surface area contributed by atoms with Crippen LogP contribution in [0.1, 0.15) is 12.7 Å². The van der Waals surface area contributed by atoms with Crippen LogP contribution in [0.5, 0.6) is 0 Å². The van der Waals surface area contributed by atoms with E-state index in [9.17, 15) is 9.59 Å². The number of furan rings is 1. The van der Waals surface area contributed by atoms with Crippen LogP contribution >= 0.6 is 0 Å². The molecule has 0 aliphatic carbocycles. The second-order valence-electron chi connectivity index (χ2n) is 6.54. The van der Waals surface area contributed by atoms with Gasteiger partial charge in [0, 0.05) is 29.9 Å². The molecule has 9 heteroatoms. The lowest BCUT2D eigenvalue weighted by Crippen LogP contribution is -2.19. The molecule has 2 N–H and O–H groups in total. The van der Waals surface area contributed by atoms with E-state index in [4.69, 9.17) is 4.42 Å². The lowest BCUT2D eigenvalue weighted by Gasteiger charge is -2.11. The summed E-state index contributed by atoms with van der Waals surface area (Å²) in [6.45, 7) is 1.41. The zero-order chi connectivity index (χ0) is 21.6. The Balaban J connectivity index is 1.70. The molecule has 2 aromatic heterocycles. The molecular weight excluding hydrogens is 396 g/mol. The van der Waals surface area contributed by atoms with Gasteiger partial charge in [0.1, 0.15) is 11.5 Å². The van der Waals surface area contributed by atoms with Crippen LogP contribution in [0.3, 0.4) is 0 Å². The second kappa shape index (κ2) is 8.87. The first kappa shape index (κ1) is 19.8. The van der Waals surface area contributed by atoms with Crippen LogP contribution in [0.2, 0.25) is 0 Å². The van der Waals surface area contributed by atoms with E-state index in [1.54, 1.807) is 42.5 Å². The monoisotopic (exact) mass is 414 g/mol. The molecule has 2 amide bonds. The maximum absolute atomic E-state index is 13.2. The Labute approximate surface area is 177 Å². The second-order valence-corrected chi connectivity index (χ2v) is 6.54. The molecule has 9 nitrogen and oxygen atoms in total. The number of amides is 2. The van der Waals surface area contributed by atoms with Crippen molar-refractivity contribution in [3.8, 4) is 11.4 Å². The van der Waals surface area contributed by atoms with Crippen molar-refractivity contribution in [3.05, 3.63) is 78.8 Å². The molecule has 4 aromatic rings. The molecule has 0 atom stereocenters. The fraction of sp³-hybridized carbons (Fsp3) is 0.0455. The van der Waals surface area contributed by atoms with Crippen LogP contribution in [0, 0.1) is 0 Å². The molecule has 0 unspecified atom stereocenters. The van der Waals surface area contributed by atoms with Crippen LogP contribution in [0.25, 0.3) is 23.2 Å². The molecule has 0 saturated carbocycles. The topological polar surface area (TPSA) is 115 Å². The van der Waals surface area contributed by atoms with Crippen LogP contribution in [0.4, 0.5) is 11.4 Å². The number of anilines is 2. The van der Waals surface area contributed by atoms with E-state index in [1.807, 2.05) is 30.3 Å². The van der Waals surface area contributed by atoms with Crippen molar-refractivity contribution in [2.75, 3.05) is 10.6 Å². The number of benzene rings is 2. The molecule has 0 radical (unpaired) electrons. The number of carbonyl (C=O) groups excluding carboxylic acids is 2. The average Bonchev–Trinajstić information content (AvgIpc) is 3.44. The van der Waals surface area contributed by atoms with Crippen LogP contribution in [-0.2, 0) is 9.59 Å². The van der Waals surface area contributed by atoms with Gasteiger partial charge in [-0.05, 0) is 40.8 Å². The molecule has 4 rings (SSSR count). The molecule has 2 aromatic carbocycles. The van der Waals surface area contributed by atoms with Gasteiger partial charge in [-0.25, -0.2) is 0 Å². The molecule has 154 valence electrons. The van der Waals surface area contributed by atoms with E-state index in [1.165, 1.54) is 17.9 Å². The Morgan fingerprint density at radius 3 is 2.45 bits per heavy atom. The van der Waals surface area contributed by atoms with Gasteiger partial charge in [-0.1, -0.05) is 36.4 Å². The third kappa shape index (κ3) is 4.73. The normalized spacial score (nSPS) is 11.2. The minimum absolute atomic E-state index is 0.156. The van der Waals surface area contributed by atoms with Crippen molar-refractivity contribution in [1.29, 1.82) is 0 Å². The Kier molecular flexibility index (Phi) is 5.66. The third-order valence-corrected chi connectivity index (χ3v) is 4.23. The summed E-state index contributed by atoms with van der Waals surface area (Å²) in [7, 11) is 0. The molecule has 0 bridgehead atoms. The highest BCUT2D eigenvalue weighted by Crippen LogP contribution is 2.22. The molecule has 31 heavy (non-hydrogen) atoms. The minimum Gasteiger partial charge on any atom is -0.465 e. The highest BCUT2D eigenvalue weighted by molar-refractivity contribution is 6.24. The first-order valence-electron chi connectivity index (χ1n) is 9.38. The summed E-state index contributed by atoms with van der Waals surface area (Å²) in [6.07, 6.45) is 3.06. The zero-order valence-corrected chi connectivity index (χ0v) is 16.5. The maximum Gasteiger partial charge on any atom is 0.274 e. The van der Waals surface area contributed by atoms with Crippen LogP contribution in [0.15, 0.2) is 77.4 Å². The largest absolute Gasteiger partial charge is 0.465 e. The first-order valence-corrected chi connectivity index (χ1v) is 9.38. The van der Waals surface area contributed by atoms with Gasteiger partial charge >= 0.3 is 0 Å². The van der Waals surface area contributed by atoms with Gasteiger partial charge in [0.2, 0.25) is 5.91 Å². The summed E-state index contributed by atoms with van der Waals surface area (Å²) in [5.74, 6) is 0.205. The number of tetrazole rings is 1. The summed E-state index contributed by atoms with van der Waals surface area (Å²) in [4.78, 5) is 24.5. The van der Waals surface area contributed by atoms with Gasteiger partial charge in [0.25, 0.3) is 5.91 Å². The molecule has 0 saturated heterocycles. The summed E-state index contributed by atoms with van der Waals surface area (Å²) in [5, 5.41) is 17.3. The van der Waals surface area contributed by atoms with Crippen molar-refractivity contribution in [2.24, 2.45) is 0 Å². The molecular formula is C22H18N6O3. The van der Waals surface area contributed by atoms with Gasteiger partial charge in [-0.15, -0.1) is 5.10 Å². The van der Waals surface area contributed by atoms with Crippen LogP contribution < -0.4 is 10.6 Å². The standard InChI is InChI=1S/C22H18N6O3/c1-15(29)23-17-9-5-10-18(13-17)24-22(30)20(14-19-11-6-12-31-19)28-21(25-26-27-28)16-7-3-2-4-8-16/h2-14H,1H3,(H,23,29)(H,24,30)/b20-14-. The summed E-state index contributed by atoms with van der Waals surface area (Å²) in [6, 6.07) is 19.6. The van der Waals surface area contributed by atoms with Gasteiger partial charge in [0.15, 0.2) is 5.82 Å². The predicted octanol–water partition coefficient (Wildman–Crippen LogP) is 3.53. The van der Waals surface area contributed by atoms with Gasteiger partial charge in [-0.3, -0.25) is 9.59 Å². The SMILES string of the molecule is CC(=O)Nc1cccc(NC(=O)/C(=C/c2ccco2)n2nnnc2-c2ccccc2)c1. The summed E-state index contributed by atoms with van der Waals surface area (Å²) in [5.41, 5.74) is 1.97. The number of hydrogen-bond acceptors (Lipinski definition) is 6. The molecule has 0 spiro atoms. The maximum atomic E-state index is 13.2. The minimum atomic E-state index is -0.458. The number of rotatable bonds is 6. The lowest BCUT2D eigenvalue weighted by molar-refractivity contribution is -0.114. The predicted molar refractivity (Wildman–Crippen MR) is 116 cm³/mol. The van der Waals surface area contributed by atoms with E-state index in [0.29, 0.717) is 23.0 Å². The number of nitrogens with one attached hydrogen (secondary N) is 2. The quantitative estimate of drug-likeness (QED) is 0.467. The summed E-state index contributed by atoms with van der Waals surface area (Å²) < 4.78 is 6.74. The fourth-order valence-corrected chi connectivity index (χ4v) is 2.92. The van der Waals surface area contributed by atoms with E-state index in [2.05, 4.69) is 26.2 Å². The number of hydrogen-bond donors (Lipinski definition) is 2. The first-order chi connectivity index (χ1) is 15.1. The number of carbonyl (C=O) groups is 2. The lowest BCUT2D eigenvalue weighted by atomic mass is 10.2. The molecule has 0 fully saturated rings. The number of aromatic nitrogens is 4. The smallest absolute Gasteiger partial charge is 0.274 e. The molecule has 0 aliphatic rings. The highest BCUT2D eigenvalue weighted by atomic mass is 16.3. The van der Waals surface area contributed by atoms with Gasteiger partial charge in [0.05, 0.1) is 6.26 Å². The van der Waals surface area contributed by atoms with Crippen molar-refractivity contribution in [2.45, 2.75) is 6.92 Å². The highest BCUT2D eigenvalue weighted by Gasteiger charge is 2.20. The third-order valence-electron chi connectivity index (χ3n) is 4.23. The molecule has 2 heterocycles. The average molecular weight is 414 g/mol. The van der Waals surface area contributed by atoms with E-state index in [-0.39, 0.29) is 11.6 Å². The van der Waals surface area contributed by atoms with E-state index in [0.717, 1.165) is 5.56 Å². The Hall–Kier alpha value is -4.53. The van der Waals surface area contributed by atoms with Crippen molar-refractivity contribution >= 4 is 35.0 Å². The van der Waals surface area contributed by atoms with Crippen molar-refractivity contribution in [3.63, 3.8) is 0 Å². The van der Waals surface area contributed by atoms with Crippen LogP contribution in [-0.4, -0.2) is 32.0 Å². The van der Waals surface area contributed by atoms with E-state index < -0.39 is 5.91 Å².